The predicted octanol–water partition coefficient (Wildman–Crippen LogP) is 7.15. The first-order chi connectivity index (χ1) is 19.1. The van der Waals surface area contributed by atoms with Gasteiger partial charge in [-0.1, -0.05) is 76.9 Å². The molecule has 1 aliphatic carbocycles. The van der Waals surface area contributed by atoms with Crippen molar-refractivity contribution >= 4 is 23.9 Å². The largest absolute Gasteiger partial charge is 0.478 e. The van der Waals surface area contributed by atoms with Crippen LogP contribution in [0.15, 0.2) is 78.9 Å². The fraction of sp³-hybridized carbons (Fsp3) is 0.455. The molecule has 1 aromatic rings. The van der Waals surface area contributed by atoms with Gasteiger partial charge in [0.25, 0.3) is 0 Å². The fourth-order valence-electron chi connectivity index (χ4n) is 2.65. The van der Waals surface area contributed by atoms with Gasteiger partial charge in [-0.2, -0.15) is 0 Å². The van der Waals surface area contributed by atoms with Gasteiger partial charge < -0.3 is 19.3 Å². The average molecular weight is 573 g/mol. The number of hydrogen-bond acceptors (Lipinski definition) is 7. The van der Waals surface area contributed by atoms with Crippen molar-refractivity contribution in [3.8, 4) is 0 Å². The van der Waals surface area contributed by atoms with Gasteiger partial charge in [0.05, 0.1) is 6.61 Å². The molecular formula is C33H48O8. The fourth-order valence-corrected chi connectivity index (χ4v) is 2.65. The SMILES string of the molecule is C=C(C)C(=O)O.C=C(C)C(=O)OC1CCCCC1.C=C(C)C(=O)OCC(C)C.C=C(C)C(=O)OCc1ccccc1. The van der Waals surface area contributed by atoms with E-state index in [4.69, 9.17) is 19.3 Å². The Labute approximate surface area is 245 Å². The van der Waals surface area contributed by atoms with Crippen LogP contribution < -0.4 is 0 Å². The van der Waals surface area contributed by atoms with Gasteiger partial charge in [0.15, 0.2) is 0 Å². The highest BCUT2D eigenvalue weighted by Crippen LogP contribution is 2.20. The molecule has 0 aliphatic heterocycles. The smallest absolute Gasteiger partial charge is 0.333 e. The second-order valence-corrected chi connectivity index (χ2v) is 10.1. The molecule has 1 aromatic carbocycles. The molecule has 0 heterocycles. The van der Waals surface area contributed by atoms with Crippen LogP contribution >= 0.6 is 0 Å². The maximum atomic E-state index is 11.1. The van der Waals surface area contributed by atoms with Crippen LogP contribution in [0.25, 0.3) is 0 Å². The number of carbonyl (C=O) groups is 4. The molecule has 0 bridgehead atoms. The number of carboxylic acids is 1. The molecule has 1 aliphatic rings. The lowest BCUT2D eigenvalue weighted by Crippen LogP contribution is -2.20. The van der Waals surface area contributed by atoms with E-state index in [1.54, 1.807) is 20.8 Å². The minimum absolute atomic E-state index is 0.156. The number of benzene rings is 1. The summed E-state index contributed by atoms with van der Waals surface area (Å²) in [5.74, 6) is -1.42. The van der Waals surface area contributed by atoms with Crippen molar-refractivity contribution < 1.29 is 38.5 Å². The van der Waals surface area contributed by atoms with E-state index >= 15 is 0 Å². The van der Waals surface area contributed by atoms with Gasteiger partial charge in [-0.15, -0.1) is 0 Å². The number of rotatable bonds is 9. The third-order valence-corrected chi connectivity index (χ3v) is 5.00. The van der Waals surface area contributed by atoms with Gasteiger partial charge in [-0.3, -0.25) is 0 Å². The maximum Gasteiger partial charge on any atom is 0.333 e. The minimum Gasteiger partial charge on any atom is -0.478 e. The van der Waals surface area contributed by atoms with Crippen LogP contribution in [0, 0.1) is 5.92 Å². The minimum atomic E-state index is -0.935. The molecule has 0 radical (unpaired) electrons. The van der Waals surface area contributed by atoms with Crippen molar-refractivity contribution in [2.45, 2.75) is 86.4 Å². The molecule has 8 heteroatoms. The zero-order chi connectivity index (χ0) is 32.0. The highest BCUT2D eigenvalue weighted by molar-refractivity contribution is 5.87. The van der Waals surface area contributed by atoms with Crippen molar-refractivity contribution in [1.82, 2.24) is 0 Å². The monoisotopic (exact) mass is 572 g/mol. The Bertz CT molecular complexity index is 1000. The van der Waals surface area contributed by atoms with Gasteiger partial charge in [0, 0.05) is 22.3 Å². The van der Waals surface area contributed by atoms with E-state index in [1.807, 2.05) is 44.2 Å². The molecule has 0 spiro atoms. The van der Waals surface area contributed by atoms with Crippen molar-refractivity contribution in [2.75, 3.05) is 6.61 Å². The van der Waals surface area contributed by atoms with Gasteiger partial charge in [0.1, 0.15) is 12.7 Å². The van der Waals surface area contributed by atoms with Crippen LogP contribution in [-0.4, -0.2) is 41.7 Å². The summed E-state index contributed by atoms with van der Waals surface area (Å²) in [6.45, 7) is 24.8. The third kappa shape index (κ3) is 23.6. The molecule has 0 aromatic heterocycles. The van der Waals surface area contributed by atoms with E-state index in [2.05, 4.69) is 26.3 Å². The summed E-state index contributed by atoms with van der Waals surface area (Å²) in [4.78, 5) is 42.4. The van der Waals surface area contributed by atoms with E-state index in [0.717, 1.165) is 18.4 Å². The Kier molecular flexibility index (Phi) is 21.8. The molecule has 0 unspecified atom stereocenters. The van der Waals surface area contributed by atoms with Crippen LogP contribution in [0.2, 0.25) is 0 Å². The highest BCUT2D eigenvalue weighted by atomic mass is 16.5. The molecule has 1 N–H and O–H groups in total. The van der Waals surface area contributed by atoms with Crippen molar-refractivity contribution in [1.29, 1.82) is 0 Å². The number of carbonyl (C=O) groups excluding carboxylic acids is 3. The van der Waals surface area contributed by atoms with Crippen molar-refractivity contribution in [3.63, 3.8) is 0 Å². The van der Waals surface area contributed by atoms with Crippen LogP contribution in [0.1, 0.15) is 79.2 Å². The van der Waals surface area contributed by atoms with E-state index in [9.17, 15) is 19.2 Å². The Hall–Kier alpha value is -3.94. The normalized spacial score (nSPS) is 11.9. The van der Waals surface area contributed by atoms with E-state index in [-0.39, 0.29) is 29.6 Å². The van der Waals surface area contributed by atoms with Crippen LogP contribution in [-0.2, 0) is 40.0 Å². The van der Waals surface area contributed by atoms with Gasteiger partial charge in [-0.05, 0) is 64.9 Å². The lowest BCUT2D eigenvalue weighted by Gasteiger charge is -2.21. The molecular weight excluding hydrogens is 524 g/mol. The predicted molar refractivity (Wildman–Crippen MR) is 162 cm³/mol. The lowest BCUT2D eigenvalue weighted by molar-refractivity contribution is -0.145. The van der Waals surface area contributed by atoms with Gasteiger partial charge in [-0.25, -0.2) is 19.2 Å². The van der Waals surface area contributed by atoms with E-state index in [0.29, 0.717) is 35.9 Å². The summed E-state index contributed by atoms with van der Waals surface area (Å²) in [6.07, 6.45) is 5.87. The number of hydrogen-bond donors (Lipinski definition) is 1. The van der Waals surface area contributed by atoms with E-state index in [1.165, 1.54) is 26.2 Å². The summed E-state index contributed by atoms with van der Waals surface area (Å²) in [5.41, 5.74) is 2.55. The highest BCUT2D eigenvalue weighted by Gasteiger charge is 2.17. The topological polar surface area (TPSA) is 116 Å². The Balaban J connectivity index is 0. The second-order valence-electron chi connectivity index (χ2n) is 10.1. The summed E-state index contributed by atoms with van der Waals surface area (Å²) < 4.78 is 15.0. The lowest BCUT2D eigenvalue weighted by atomic mass is 9.98. The Morgan fingerprint density at radius 1 is 0.756 bits per heavy atom. The molecule has 2 rings (SSSR count). The summed E-state index contributed by atoms with van der Waals surface area (Å²) >= 11 is 0. The van der Waals surface area contributed by atoms with Crippen LogP contribution in [0.5, 0.6) is 0 Å². The molecule has 0 amide bonds. The Morgan fingerprint density at radius 3 is 1.59 bits per heavy atom. The molecule has 1 fully saturated rings. The summed E-state index contributed by atoms with van der Waals surface area (Å²) in [5, 5.41) is 7.89. The van der Waals surface area contributed by atoms with Crippen molar-refractivity contribution in [3.05, 3.63) is 84.5 Å². The first kappa shape index (κ1) is 39.2. The maximum absolute atomic E-state index is 11.1. The standard InChI is InChI=1S/C11H12O2.C10H16O2.C8H14O2.C4H6O2/c1-9(2)11(12)13-8-10-6-4-3-5-7-10;1-8(2)10(11)12-9-6-4-3-5-7-9;1-6(2)5-10-8(9)7(3)4;1-3(2)4(5)6/h3-7H,1,8H2,2H3;9H,1,3-7H2,2H3;6H,3,5H2,1-2,4H3;1H2,2H3,(H,5,6). The number of aliphatic carboxylic acids is 1. The quantitative estimate of drug-likeness (QED) is 0.188. The van der Waals surface area contributed by atoms with E-state index < -0.39 is 5.97 Å². The molecule has 228 valence electrons. The Morgan fingerprint density at radius 2 is 1.20 bits per heavy atom. The summed E-state index contributed by atoms with van der Waals surface area (Å²) in [6, 6.07) is 9.55. The van der Waals surface area contributed by atoms with Crippen molar-refractivity contribution in [2.24, 2.45) is 5.92 Å². The molecule has 41 heavy (non-hydrogen) atoms. The van der Waals surface area contributed by atoms with Crippen LogP contribution in [0.4, 0.5) is 0 Å². The second kappa shape index (κ2) is 22.8. The molecule has 8 nitrogen and oxygen atoms in total. The van der Waals surface area contributed by atoms with Gasteiger partial charge in [0.2, 0.25) is 0 Å². The first-order valence-corrected chi connectivity index (χ1v) is 13.5. The average Bonchev–Trinajstić information content (AvgIpc) is 2.92. The molecule has 0 atom stereocenters. The number of ether oxygens (including phenoxy) is 3. The molecule has 1 saturated carbocycles. The summed E-state index contributed by atoms with van der Waals surface area (Å²) in [7, 11) is 0. The third-order valence-electron chi connectivity index (χ3n) is 5.00. The molecule has 0 saturated heterocycles. The van der Waals surface area contributed by atoms with Crippen LogP contribution in [0.3, 0.4) is 0 Å². The number of carboxylic acid groups (broad SMARTS) is 1. The van der Waals surface area contributed by atoms with Gasteiger partial charge >= 0.3 is 23.9 Å². The zero-order valence-corrected chi connectivity index (χ0v) is 25.6. The zero-order valence-electron chi connectivity index (χ0n) is 25.6. The number of esters is 3. The first-order valence-electron chi connectivity index (χ1n) is 13.5.